The third kappa shape index (κ3) is 4.41. The van der Waals surface area contributed by atoms with Crippen LogP contribution in [0, 0.1) is 0 Å². The summed E-state index contributed by atoms with van der Waals surface area (Å²) in [6.45, 7) is 7.27. The van der Waals surface area contributed by atoms with Gasteiger partial charge in [0, 0.05) is 32.8 Å². The van der Waals surface area contributed by atoms with Gasteiger partial charge in [0.2, 0.25) is 0 Å². The van der Waals surface area contributed by atoms with Crippen molar-refractivity contribution >= 4 is 17.4 Å². The Morgan fingerprint density at radius 3 is 2.38 bits per heavy atom. The highest BCUT2D eigenvalue weighted by atomic mass is 16.5. The third-order valence-corrected chi connectivity index (χ3v) is 5.92. The van der Waals surface area contributed by atoms with Gasteiger partial charge in [-0.2, -0.15) is 0 Å². The maximum absolute atomic E-state index is 13.5. The Labute approximate surface area is 189 Å². The Bertz CT molecular complexity index is 1010. The molecule has 2 aromatic carbocycles. The number of imide groups is 1. The summed E-state index contributed by atoms with van der Waals surface area (Å²) in [6, 6.07) is 15.7. The van der Waals surface area contributed by atoms with E-state index >= 15 is 0 Å². The molecule has 2 aliphatic rings. The maximum atomic E-state index is 13.5. The van der Waals surface area contributed by atoms with E-state index in [4.69, 9.17) is 9.47 Å². The van der Waals surface area contributed by atoms with Gasteiger partial charge in [0.05, 0.1) is 12.2 Å². The quantitative estimate of drug-likeness (QED) is 0.445. The SMILES string of the molecule is CCOCCCN1C(=O)C(c2ccc(OCC)cc2)=C(N2CCc3ccccc3C2)C1=O. The molecule has 0 fully saturated rings. The number of amides is 2. The molecule has 6 nitrogen and oxygen atoms in total. The molecule has 4 rings (SSSR count). The first kappa shape index (κ1) is 22.1. The van der Waals surface area contributed by atoms with Crippen molar-refractivity contribution in [2.24, 2.45) is 0 Å². The summed E-state index contributed by atoms with van der Waals surface area (Å²) >= 11 is 0. The van der Waals surface area contributed by atoms with E-state index in [9.17, 15) is 9.59 Å². The molecule has 0 saturated heterocycles. The number of nitrogens with zero attached hydrogens (tertiary/aromatic N) is 2. The number of rotatable bonds is 9. The molecule has 6 heteroatoms. The van der Waals surface area contributed by atoms with E-state index in [1.807, 2.05) is 50.2 Å². The molecule has 32 heavy (non-hydrogen) atoms. The molecule has 2 heterocycles. The molecular weight excluding hydrogens is 404 g/mol. The summed E-state index contributed by atoms with van der Waals surface area (Å²) in [6.07, 6.45) is 1.47. The molecule has 0 aromatic heterocycles. The summed E-state index contributed by atoms with van der Waals surface area (Å²) in [5.74, 6) is 0.301. The van der Waals surface area contributed by atoms with E-state index in [-0.39, 0.29) is 11.8 Å². The Morgan fingerprint density at radius 2 is 1.66 bits per heavy atom. The van der Waals surface area contributed by atoms with Crippen LogP contribution in [0.4, 0.5) is 0 Å². The zero-order chi connectivity index (χ0) is 22.5. The van der Waals surface area contributed by atoms with Gasteiger partial charge in [-0.25, -0.2) is 0 Å². The molecule has 0 N–H and O–H groups in total. The van der Waals surface area contributed by atoms with Crippen molar-refractivity contribution in [3.8, 4) is 5.75 Å². The number of benzene rings is 2. The molecule has 0 unspecified atom stereocenters. The van der Waals surface area contributed by atoms with Crippen LogP contribution in [-0.4, -0.2) is 54.5 Å². The van der Waals surface area contributed by atoms with Crippen molar-refractivity contribution < 1.29 is 19.1 Å². The van der Waals surface area contributed by atoms with Crippen LogP contribution < -0.4 is 4.74 Å². The lowest BCUT2D eigenvalue weighted by molar-refractivity contribution is -0.137. The van der Waals surface area contributed by atoms with Gasteiger partial charge in [0.15, 0.2) is 0 Å². The fourth-order valence-corrected chi connectivity index (χ4v) is 4.36. The lowest BCUT2D eigenvalue weighted by atomic mass is 9.98. The van der Waals surface area contributed by atoms with Crippen molar-refractivity contribution in [3.05, 3.63) is 70.9 Å². The zero-order valence-corrected chi connectivity index (χ0v) is 18.8. The van der Waals surface area contributed by atoms with Crippen molar-refractivity contribution in [1.82, 2.24) is 9.80 Å². The van der Waals surface area contributed by atoms with Gasteiger partial charge < -0.3 is 14.4 Å². The lowest BCUT2D eigenvalue weighted by Gasteiger charge is -2.31. The first-order valence-corrected chi connectivity index (χ1v) is 11.4. The van der Waals surface area contributed by atoms with Crippen LogP contribution >= 0.6 is 0 Å². The summed E-state index contributed by atoms with van der Waals surface area (Å²) in [5, 5.41) is 0. The van der Waals surface area contributed by atoms with Crippen molar-refractivity contribution in [2.75, 3.05) is 32.9 Å². The van der Waals surface area contributed by atoms with Crippen LogP contribution in [0.5, 0.6) is 5.75 Å². The van der Waals surface area contributed by atoms with E-state index in [0.717, 1.165) is 17.7 Å². The van der Waals surface area contributed by atoms with E-state index in [2.05, 4.69) is 17.0 Å². The molecule has 0 aliphatic carbocycles. The fraction of sp³-hybridized carbons (Fsp3) is 0.385. The highest BCUT2D eigenvalue weighted by molar-refractivity contribution is 6.35. The maximum Gasteiger partial charge on any atom is 0.277 e. The van der Waals surface area contributed by atoms with Crippen LogP contribution in [0.15, 0.2) is 54.2 Å². The lowest BCUT2D eigenvalue weighted by Crippen LogP contribution is -2.38. The minimum atomic E-state index is -0.232. The number of fused-ring (bicyclic) bond motifs is 1. The Kier molecular flexibility index (Phi) is 6.90. The van der Waals surface area contributed by atoms with Crippen LogP contribution in [0.2, 0.25) is 0 Å². The molecule has 0 bridgehead atoms. The normalized spacial score (nSPS) is 16.1. The number of carbonyl (C=O) groups is 2. The average Bonchev–Trinajstić information content (AvgIpc) is 3.07. The second-order valence-corrected chi connectivity index (χ2v) is 7.93. The van der Waals surface area contributed by atoms with Gasteiger partial charge in [-0.05, 0) is 55.5 Å². The average molecular weight is 435 g/mol. The van der Waals surface area contributed by atoms with Crippen LogP contribution in [-0.2, 0) is 27.3 Å². The second-order valence-electron chi connectivity index (χ2n) is 7.93. The van der Waals surface area contributed by atoms with Crippen LogP contribution in [0.25, 0.3) is 5.57 Å². The summed E-state index contributed by atoms with van der Waals surface area (Å²) in [4.78, 5) is 30.4. The summed E-state index contributed by atoms with van der Waals surface area (Å²) in [7, 11) is 0. The Hall–Kier alpha value is -3.12. The third-order valence-electron chi connectivity index (χ3n) is 5.92. The monoisotopic (exact) mass is 434 g/mol. The van der Waals surface area contributed by atoms with Gasteiger partial charge >= 0.3 is 0 Å². The molecule has 0 spiro atoms. The van der Waals surface area contributed by atoms with E-state index < -0.39 is 0 Å². The smallest absolute Gasteiger partial charge is 0.277 e. The fourth-order valence-electron chi connectivity index (χ4n) is 4.36. The van der Waals surface area contributed by atoms with Crippen LogP contribution in [0.1, 0.15) is 37.0 Å². The van der Waals surface area contributed by atoms with Crippen molar-refractivity contribution in [3.63, 3.8) is 0 Å². The second kappa shape index (κ2) is 10.0. The zero-order valence-electron chi connectivity index (χ0n) is 18.8. The highest BCUT2D eigenvalue weighted by Crippen LogP contribution is 2.35. The van der Waals surface area contributed by atoms with E-state index in [0.29, 0.717) is 57.1 Å². The predicted octanol–water partition coefficient (Wildman–Crippen LogP) is 3.65. The topological polar surface area (TPSA) is 59.1 Å². The Balaban J connectivity index is 1.67. The standard InChI is InChI=1S/C26H30N2O4/c1-3-31-17-7-15-28-25(29)23(20-10-12-22(13-11-20)32-4-2)24(26(28)30)27-16-14-19-8-5-6-9-21(19)18-27/h5-6,8-13H,3-4,7,14-18H2,1-2H3. The van der Waals surface area contributed by atoms with Gasteiger partial charge in [-0.1, -0.05) is 36.4 Å². The molecule has 168 valence electrons. The minimum absolute atomic E-state index is 0.213. The minimum Gasteiger partial charge on any atom is -0.494 e. The van der Waals surface area contributed by atoms with E-state index in [1.54, 1.807) is 0 Å². The largest absolute Gasteiger partial charge is 0.494 e. The van der Waals surface area contributed by atoms with Gasteiger partial charge in [-0.3, -0.25) is 14.5 Å². The molecule has 2 aromatic rings. The highest BCUT2D eigenvalue weighted by Gasteiger charge is 2.41. The van der Waals surface area contributed by atoms with Crippen LogP contribution in [0.3, 0.4) is 0 Å². The molecule has 0 atom stereocenters. The van der Waals surface area contributed by atoms with Gasteiger partial charge in [0.25, 0.3) is 11.8 Å². The number of ether oxygens (including phenoxy) is 2. The van der Waals surface area contributed by atoms with E-state index in [1.165, 1.54) is 16.0 Å². The first-order chi connectivity index (χ1) is 15.6. The molecule has 2 amide bonds. The summed E-state index contributed by atoms with van der Waals surface area (Å²) < 4.78 is 11.0. The van der Waals surface area contributed by atoms with Crippen molar-refractivity contribution in [2.45, 2.75) is 33.2 Å². The van der Waals surface area contributed by atoms with Crippen molar-refractivity contribution in [1.29, 1.82) is 0 Å². The first-order valence-electron chi connectivity index (χ1n) is 11.4. The van der Waals surface area contributed by atoms with Gasteiger partial charge in [-0.15, -0.1) is 0 Å². The Morgan fingerprint density at radius 1 is 0.906 bits per heavy atom. The number of hydrogen-bond acceptors (Lipinski definition) is 5. The number of carbonyl (C=O) groups excluding carboxylic acids is 2. The predicted molar refractivity (Wildman–Crippen MR) is 123 cm³/mol. The van der Waals surface area contributed by atoms with Gasteiger partial charge in [0.1, 0.15) is 11.4 Å². The number of hydrogen-bond donors (Lipinski definition) is 0. The summed E-state index contributed by atoms with van der Waals surface area (Å²) in [5.41, 5.74) is 4.23. The molecule has 0 radical (unpaired) electrons. The molecule has 0 saturated carbocycles. The molecule has 2 aliphatic heterocycles. The molecular formula is C26H30N2O4.